The molecule has 2 N–H and O–H groups in total. The number of carbonyl (C=O) groups is 1. The van der Waals surface area contributed by atoms with E-state index >= 15 is 0 Å². The van der Waals surface area contributed by atoms with E-state index in [1.165, 1.54) is 24.0 Å². The number of fused-ring (bicyclic) bond motifs is 1. The molecule has 3 rings (SSSR count). The highest BCUT2D eigenvalue weighted by molar-refractivity contribution is 5.67. The average molecular weight is 329 g/mol. The minimum atomic E-state index is -0.646. The van der Waals surface area contributed by atoms with Gasteiger partial charge >= 0.3 is 5.97 Å². The number of carboxylic acid groups (broad SMARTS) is 1. The molecule has 0 radical (unpaired) electrons. The van der Waals surface area contributed by atoms with Gasteiger partial charge in [-0.15, -0.1) is 0 Å². The Morgan fingerprint density at radius 1 is 1.17 bits per heavy atom. The van der Waals surface area contributed by atoms with Gasteiger partial charge in [0.1, 0.15) is 0 Å². The van der Waals surface area contributed by atoms with Crippen molar-refractivity contribution in [2.75, 3.05) is 6.54 Å². The van der Waals surface area contributed by atoms with Crippen molar-refractivity contribution in [2.24, 2.45) is 5.92 Å². The van der Waals surface area contributed by atoms with Crippen molar-refractivity contribution >= 4 is 5.97 Å². The Kier molecular flexibility index (Phi) is 5.29. The van der Waals surface area contributed by atoms with Gasteiger partial charge in [0, 0.05) is 19.0 Å². The van der Waals surface area contributed by atoms with Crippen LogP contribution in [0.2, 0.25) is 0 Å². The van der Waals surface area contributed by atoms with Crippen LogP contribution in [0.25, 0.3) is 0 Å². The summed E-state index contributed by atoms with van der Waals surface area (Å²) in [7, 11) is 0. The fourth-order valence-electron chi connectivity index (χ4n) is 4.63. The van der Waals surface area contributed by atoms with Crippen molar-refractivity contribution in [2.45, 2.75) is 76.2 Å². The number of hydrogen-bond donors (Lipinski definition) is 2. The van der Waals surface area contributed by atoms with Crippen LogP contribution in [0.5, 0.6) is 0 Å². The lowest BCUT2D eigenvalue weighted by Gasteiger charge is -2.38. The molecular weight excluding hydrogens is 298 g/mol. The van der Waals surface area contributed by atoms with Crippen LogP contribution in [0.3, 0.4) is 0 Å². The van der Waals surface area contributed by atoms with Gasteiger partial charge in [0.15, 0.2) is 0 Å². The maximum absolute atomic E-state index is 10.8. The second-order valence-corrected chi connectivity index (χ2v) is 8.43. The summed E-state index contributed by atoms with van der Waals surface area (Å²) in [5, 5.41) is 12.7. The predicted molar refractivity (Wildman–Crippen MR) is 97.4 cm³/mol. The molecule has 132 valence electrons. The normalized spacial score (nSPS) is 29.0. The van der Waals surface area contributed by atoms with Crippen LogP contribution in [0.4, 0.5) is 0 Å². The quantitative estimate of drug-likeness (QED) is 0.838. The predicted octanol–water partition coefficient (Wildman–Crippen LogP) is 4.46. The van der Waals surface area contributed by atoms with Crippen LogP contribution in [-0.2, 0) is 10.2 Å². The maximum atomic E-state index is 10.8. The molecular formula is C21H31NO2. The maximum Gasteiger partial charge on any atom is 0.303 e. The largest absolute Gasteiger partial charge is 0.481 e. The van der Waals surface area contributed by atoms with Gasteiger partial charge in [-0.05, 0) is 66.9 Å². The molecule has 1 unspecified atom stereocenters. The highest BCUT2D eigenvalue weighted by Crippen LogP contribution is 2.42. The summed E-state index contributed by atoms with van der Waals surface area (Å²) in [5.74, 6) is 0.357. The fraction of sp³-hybridized carbons (Fsp3) is 0.667. The first-order valence-electron chi connectivity index (χ1n) is 9.50. The fourth-order valence-corrected chi connectivity index (χ4v) is 4.63. The molecule has 0 aromatic heterocycles. The van der Waals surface area contributed by atoms with Crippen molar-refractivity contribution < 1.29 is 9.90 Å². The van der Waals surface area contributed by atoms with Gasteiger partial charge in [0.25, 0.3) is 0 Å². The van der Waals surface area contributed by atoms with E-state index in [4.69, 9.17) is 5.11 Å². The molecule has 24 heavy (non-hydrogen) atoms. The van der Waals surface area contributed by atoms with Crippen molar-refractivity contribution in [3.8, 4) is 0 Å². The lowest BCUT2D eigenvalue weighted by atomic mass is 9.69. The number of aliphatic carboxylic acids is 1. The Hall–Kier alpha value is -1.35. The van der Waals surface area contributed by atoms with Gasteiger partial charge in [0.2, 0.25) is 0 Å². The third-order valence-electron chi connectivity index (χ3n) is 6.21. The van der Waals surface area contributed by atoms with Gasteiger partial charge in [-0.25, -0.2) is 0 Å². The van der Waals surface area contributed by atoms with E-state index in [0.29, 0.717) is 29.7 Å². The average Bonchev–Trinajstić information content (AvgIpc) is 2.55. The Labute approximate surface area is 145 Å². The molecule has 2 aliphatic rings. The van der Waals surface area contributed by atoms with Crippen LogP contribution in [0, 0.1) is 5.92 Å². The molecule has 1 atom stereocenters. The van der Waals surface area contributed by atoms with Crippen LogP contribution >= 0.6 is 0 Å². The SMILES string of the molecule is CC1(C)CCC(CNC2CCC(CC(=O)O)CC2)c2ccccc21. The number of hydrogen-bond acceptors (Lipinski definition) is 2. The molecule has 0 amide bonds. The third kappa shape index (κ3) is 4.00. The Morgan fingerprint density at radius 3 is 2.58 bits per heavy atom. The monoisotopic (exact) mass is 329 g/mol. The summed E-state index contributed by atoms with van der Waals surface area (Å²) < 4.78 is 0. The summed E-state index contributed by atoms with van der Waals surface area (Å²) >= 11 is 0. The second kappa shape index (κ2) is 7.26. The molecule has 0 aliphatic heterocycles. The van der Waals surface area contributed by atoms with Crippen molar-refractivity contribution in [3.63, 3.8) is 0 Å². The standard InChI is InChI=1S/C21H31NO2/c1-21(2)12-11-16(18-5-3-4-6-19(18)21)14-22-17-9-7-15(8-10-17)13-20(23)24/h3-6,15-17,22H,7-14H2,1-2H3,(H,23,24). The van der Waals surface area contributed by atoms with Crippen LogP contribution < -0.4 is 5.32 Å². The van der Waals surface area contributed by atoms with E-state index in [0.717, 1.165) is 32.2 Å². The number of nitrogens with one attached hydrogen (secondary N) is 1. The first kappa shape index (κ1) is 17.5. The van der Waals surface area contributed by atoms with Gasteiger partial charge in [-0.2, -0.15) is 0 Å². The number of carboxylic acids is 1. The molecule has 3 nitrogen and oxygen atoms in total. The van der Waals surface area contributed by atoms with Crippen molar-refractivity contribution in [1.29, 1.82) is 0 Å². The molecule has 1 aromatic carbocycles. The summed E-state index contributed by atoms with van der Waals surface area (Å²) in [6, 6.07) is 9.52. The zero-order valence-corrected chi connectivity index (χ0v) is 15.1. The van der Waals surface area contributed by atoms with Gasteiger partial charge in [-0.1, -0.05) is 38.1 Å². The minimum Gasteiger partial charge on any atom is -0.481 e. The van der Waals surface area contributed by atoms with E-state index < -0.39 is 5.97 Å². The molecule has 1 fully saturated rings. The summed E-state index contributed by atoms with van der Waals surface area (Å²) in [6.07, 6.45) is 7.21. The highest BCUT2D eigenvalue weighted by atomic mass is 16.4. The number of rotatable bonds is 5. The Bertz CT molecular complexity index is 573. The zero-order chi connectivity index (χ0) is 17.2. The molecule has 0 bridgehead atoms. The molecule has 0 spiro atoms. The van der Waals surface area contributed by atoms with E-state index in [2.05, 4.69) is 43.4 Å². The first-order chi connectivity index (χ1) is 11.5. The topological polar surface area (TPSA) is 49.3 Å². The molecule has 3 heteroatoms. The summed E-state index contributed by atoms with van der Waals surface area (Å²) in [4.78, 5) is 10.8. The smallest absolute Gasteiger partial charge is 0.303 e. The van der Waals surface area contributed by atoms with E-state index in [1.807, 2.05) is 0 Å². The van der Waals surface area contributed by atoms with Crippen LogP contribution in [0.1, 0.15) is 75.8 Å². The third-order valence-corrected chi connectivity index (χ3v) is 6.21. The van der Waals surface area contributed by atoms with Crippen molar-refractivity contribution in [3.05, 3.63) is 35.4 Å². The summed E-state index contributed by atoms with van der Waals surface area (Å²) in [6.45, 7) is 5.78. The van der Waals surface area contributed by atoms with Gasteiger partial charge < -0.3 is 10.4 Å². The molecule has 0 saturated heterocycles. The van der Waals surface area contributed by atoms with Gasteiger partial charge in [0.05, 0.1) is 0 Å². The highest BCUT2D eigenvalue weighted by Gasteiger charge is 2.32. The summed E-state index contributed by atoms with van der Waals surface area (Å²) in [5.41, 5.74) is 3.34. The minimum absolute atomic E-state index is 0.294. The van der Waals surface area contributed by atoms with Crippen LogP contribution in [-0.4, -0.2) is 23.7 Å². The molecule has 0 heterocycles. The number of benzene rings is 1. The van der Waals surface area contributed by atoms with Gasteiger partial charge in [-0.3, -0.25) is 4.79 Å². The van der Waals surface area contributed by atoms with E-state index in [9.17, 15) is 4.79 Å². The lowest BCUT2D eigenvalue weighted by Crippen LogP contribution is -2.38. The molecule has 1 aromatic rings. The van der Waals surface area contributed by atoms with E-state index in [1.54, 1.807) is 0 Å². The lowest BCUT2D eigenvalue weighted by molar-refractivity contribution is -0.138. The zero-order valence-electron chi connectivity index (χ0n) is 15.1. The second-order valence-electron chi connectivity index (χ2n) is 8.43. The molecule has 2 aliphatic carbocycles. The van der Waals surface area contributed by atoms with E-state index in [-0.39, 0.29) is 0 Å². The van der Waals surface area contributed by atoms with Crippen LogP contribution in [0.15, 0.2) is 24.3 Å². The Morgan fingerprint density at radius 2 is 1.88 bits per heavy atom. The van der Waals surface area contributed by atoms with Crippen molar-refractivity contribution in [1.82, 2.24) is 5.32 Å². The Balaban J connectivity index is 1.54. The first-order valence-corrected chi connectivity index (χ1v) is 9.50. The molecule has 1 saturated carbocycles.